The van der Waals surface area contributed by atoms with Gasteiger partial charge in [-0.05, 0) is 22.0 Å². The molecule has 0 aliphatic carbocycles. The lowest BCUT2D eigenvalue weighted by molar-refractivity contribution is 0.0594. The van der Waals surface area contributed by atoms with Crippen molar-refractivity contribution in [3.05, 3.63) is 32.8 Å². The van der Waals surface area contributed by atoms with Gasteiger partial charge in [-0.1, -0.05) is 11.6 Å². The second-order valence-corrected chi connectivity index (χ2v) is 3.57. The lowest BCUT2D eigenvalue weighted by atomic mass is 10.2. The highest BCUT2D eigenvalue weighted by Gasteiger charge is 2.21. The minimum atomic E-state index is -1.13. The van der Waals surface area contributed by atoms with Crippen LogP contribution >= 0.6 is 27.5 Å². The van der Waals surface area contributed by atoms with Gasteiger partial charge < -0.3 is 4.74 Å². The van der Waals surface area contributed by atoms with E-state index in [-0.39, 0.29) is 4.47 Å². The Kier molecular flexibility index (Phi) is 3.44. The molecule has 0 saturated heterocycles. The van der Waals surface area contributed by atoms with E-state index in [0.717, 1.165) is 13.2 Å². The van der Waals surface area contributed by atoms with Crippen molar-refractivity contribution in [3.8, 4) is 0 Å². The van der Waals surface area contributed by atoms with E-state index in [1.807, 2.05) is 0 Å². The van der Waals surface area contributed by atoms with Gasteiger partial charge in [0.25, 0.3) is 0 Å². The van der Waals surface area contributed by atoms with E-state index in [2.05, 4.69) is 20.7 Å². The fourth-order valence-corrected chi connectivity index (χ4v) is 1.54. The second-order valence-electron chi connectivity index (χ2n) is 2.33. The molecule has 1 aromatic carbocycles. The first-order valence-electron chi connectivity index (χ1n) is 3.40. The molecule has 0 atom stereocenters. The molecule has 0 heterocycles. The maximum Gasteiger partial charge on any atom is 0.342 e. The average molecular weight is 285 g/mol. The number of rotatable bonds is 1. The maximum absolute atomic E-state index is 13.3. The zero-order valence-corrected chi connectivity index (χ0v) is 9.25. The Morgan fingerprint density at radius 2 is 2.14 bits per heavy atom. The Bertz CT molecular complexity index is 395. The molecule has 0 N–H and O–H groups in total. The summed E-state index contributed by atoms with van der Waals surface area (Å²) in [7, 11) is 1.09. The molecule has 0 unspecified atom stereocenters. The maximum atomic E-state index is 13.3. The number of carbonyl (C=O) groups is 1. The Balaban J connectivity index is 3.44. The monoisotopic (exact) mass is 284 g/mol. The lowest BCUT2D eigenvalue weighted by Gasteiger charge is -2.05. The predicted octanol–water partition coefficient (Wildman–Crippen LogP) is 3.17. The van der Waals surface area contributed by atoms with Crippen LogP contribution in [-0.2, 0) is 4.74 Å². The third-order valence-corrected chi connectivity index (χ3v) is 2.48. The van der Waals surface area contributed by atoms with Crippen LogP contribution in [0.4, 0.5) is 8.78 Å². The predicted molar refractivity (Wildman–Crippen MR) is 50.4 cm³/mol. The Hall–Kier alpha value is -0.680. The standard InChI is InChI=1S/C8H4BrClF2O2/c1-14-8(13)5-3(9)2-4(11)6(10)7(5)12/h2H,1H3. The summed E-state index contributed by atoms with van der Waals surface area (Å²) in [5.41, 5.74) is -0.418. The summed E-state index contributed by atoms with van der Waals surface area (Å²) < 4.78 is 30.4. The van der Waals surface area contributed by atoms with Gasteiger partial charge >= 0.3 is 5.97 Å². The Morgan fingerprint density at radius 1 is 1.57 bits per heavy atom. The molecule has 76 valence electrons. The molecular weight excluding hydrogens is 281 g/mol. The number of esters is 1. The molecule has 0 bridgehead atoms. The number of hydrogen-bond donors (Lipinski definition) is 0. The van der Waals surface area contributed by atoms with Crippen molar-refractivity contribution in [1.82, 2.24) is 0 Å². The van der Waals surface area contributed by atoms with Gasteiger partial charge in [0.15, 0.2) is 5.82 Å². The third kappa shape index (κ3) is 1.88. The topological polar surface area (TPSA) is 26.3 Å². The van der Waals surface area contributed by atoms with Crippen molar-refractivity contribution in [2.24, 2.45) is 0 Å². The SMILES string of the molecule is COC(=O)c1c(Br)cc(F)c(Cl)c1F. The summed E-state index contributed by atoms with van der Waals surface area (Å²) in [6, 6.07) is 0.900. The van der Waals surface area contributed by atoms with Crippen molar-refractivity contribution in [2.75, 3.05) is 7.11 Å². The second kappa shape index (κ2) is 4.23. The van der Waals surface area contributed by atoms with Gasteiger partial charge in [-0.25, -0.2) is 13.6 Å². The van der Waals surface area contributed by atoms with Crippen LogP contribution < -0.4 is 0 Å². The smallest absolute Gasteiger partial charge is 0.342 e. The Labute approximate surface area is 91.9 Å². The summed E-state index contributed by atoms with van der Waals surface area (Å²) >= 11 is 8.11. The molecule has 0 aliphatic heterocycles. The molecule has 6 heteroatoms. The Morgan fingerprint density at radius 3 is 2.64 bits per heavy atom. The van der Waals surface area contributed by atoms with Gasteiger partial charge in [-0.3, -0.25) is 0 Å². The molecule has 1 aromatic rings. The number of benzene rings is 1. The molecule has 0 aromatic heterocycles. The summed E-state index contributed by atoms with van der Waals surface area (Å²) in [6.07, 6.45) is 0. The number of methoxy groups -OCH3 is 1. The van der Waals surface area contributed by atoms with Crippen molar-refractivity contribution in [2.45, 2.75) is 0 Å². The first-order chi connectivity index (χ1) is 6.49. The van der Waals surface area contributed by atoms with Crippen LogP contribution in [0.1, 0.15) is 10.4 Å². The van der Waals surface area contributed by atoms with E-state index in [1.165, 1.54) is 0 Å². The van der Waals surface area contributed by atoms with Crippen LogP contribution in [0.3, 0.4) is 0 Å². The highest BCUT2D eigenvalue weighted by atomic mass is 79.9. The molecule has 0 saturated carbocycles. The molecular formula is C8H4BrClF2O2. The fourth-order valence-electron chi connectivity index (χ4n) is 0.855. The van der Waals surface area contributed by atoms with E-state index >= 15 is 0 Å². The van der Waals surface area contributed by atoms with Gasteiger partial charge in [0.1, 0.15) is 16.4 Å². The lowest BCUT2D eigenvalue weighted by Crippen LogP contribution is -2.07. The van der Waals surface area contributed by atoms with Crippen LogP contribution in [-0.4, -0.2) is 13.1 Å². The van der Waals surface area contributed by atoms with E-state index in [9.17, 15) is 13.6 Å². The zero-order valence-electron chi connectivity index (χ0n) is 6.91. The van der Waals surface area contributed by atoms with Crippen LogP contribution in [0.2, 0.25) is 5.02 Å². The molecule has 14 heavy (non-hydrogen) atoms. The zero-order chi connectivity index (χ0) is 10.9. The molecule has 0 aliphatic rings. The minimum Gasteiger partial charge on any atom is -0.465 e. The third-order valence-electron chi connectivity index (χ3n) is 1.50. The van der Waals surface area contributed by atoms with Crippen molar-refractivity contribution in [3.63, 3.8) is 0 Å². The first-order valence-corrected chi connectivity index (χ1v) is 4.57. The summed E-state index contributed by atoms with van der Waals surface area (Å²) in [6.45, 7) is 0. The molecule has 0 spiro atoms. The summed E-state index contributed by atoms with van der Waals surface area (Å²) in [5.74, 6) is -3.00. The van der Waals surface area contributed by atoms with Crippen LogP contribution in [0.5, 0.6) is 0 Å². The van der Waals surface area contributed by atoms with Crippen LogP contribution in [0.25, 0.3) is 0 Å². The van der Waals surface area contributed by atoms with Crippen molar-refractivity contribution < 1.29 is 18.3 Å². The van der Waals surface area contributed by atoms with Crippen LogP contribution in [0, 0.1) is 11.6 Å². The van der Waals surface area contributed by atoms with E-state index < -0.39 is 28.2 Å². The highest BCUT2D eigenvalue weighted by molar-refractivity contribution is 9.10. The molecule has 1 rings (SSSR count). The summed E-state index contributed by atoms with van der Waals surface area (Å²) in [4.78, 5) is 11.0. The molecule has 0 radical (unpaired) electrons. The average Bonchev–Trinajstić information content (AvgIpc) is 2.14. The molecule has 0 fully saturated rings. The number of carbonyl (C=O) groups excluding carboxylic acids is 1. The van der Waals surface area contributed by atoms with Gasteiger partial charge in [0.05, 0.1) is 7.11 Å². The number of ether oxygens (including phenoxy) is 1. The number of hydrogen-bond acceptors (Lipinski definition) is 2. The van der Waals surface area contributed by atoms with Gasteiger partial charge in [0.2, 0.25) is 0 Å². The number of halogens is 4. The van der Waals surface area contributed by atoms with Crippen molar-refractivity contribution in [1.29, 1.82) is 0 Å². The molecule has 0 amide bonds. The van der Waals surface area contributed by atoms with Gasteiger partial charge in [-0.2, -0.15) is 0 Å². The highest BCUT2D eigenvalue weighted by Crippen LogP contribution is 2.29. The fraction of sp³-hybridized carbons (Fsp3) is 0.125. The van der Waals surface area contributed by atoms with E-state index in [4.69, 9.17) is 11.6 Å². The quantitative estimate of drug-likeness (QED) is 0.450. The first kappa shape index (κ1) is 11.4. The van der Waals surface area contributed by atoms with Crippen LogP contribution in [0.15, 0.2) is 10.5 Å². The minimum absolute atomic E-state index is 0.0382. The molecule has 2 nitrogen and oxygen atoms in total. The largest absolute Gasteiger partial charge is 0.465 e. The summed E-state index contributed by atoms with van der Waals surface area (Å²) in [5, 5.41) is -0.728. The van der Waals surface area contributed by atoms with Gasteiger partial charge in [-0.15, -0.1) is 0 Å². The van der Waals surface area contributed by atoms with Crippen molar-refractivity contribution >= 4 is 33.5 Å². The van der Waals surface area contributed by atoms with Gasteiger partial charge in [0, 0.05) is 4.47 Å². The normalized spacial score (nSPS) is 10.1. The van der Waals surface area contributed by atoms with E-state index in [1.54, 1.807) is 0 Å². The van der Waals surface area contributed by atoms with E-state index in [0.29, 0.717) is 0 Å².